The van der Waals surface area contributed by atoms with Crippen molar-refractivity contribution in [2.24, 2.45) is 5.41 Å². The zero-order valence-electron chi connectivity index (χ0n) is 29.2. The van der Waals surface area contributed by atoms with Gasteiger partial charge in [-0.1, -0.05) is 32.3 Å². The van der Waals surface area contributed by atoms with E-state index in [9.17, 15) is 13.2 Å². The van der Waals surface area contributed by atoms with Crippen LogP contribution in [0.5, 0.6) is 5.75 Å². The van der Waals surface area contributed by atoms with Crippen LogP contribution in [0.15, 0.2) is 36.4 Å². The number of hydrogen-bond donors (Lipinski definition) is 1. The molecule has 2 saturated heterocycles. The van der Waals surface area contributed by atoms with Gasteiger partial charge in [-0.3, -0.25) is 9.59 Å². The number of nitrogens with one attached hydrogen (secondary N) is 1. The molecule has 2 aliphatic carbocycles. The van der Waals surface area contributed by atoms with Crippen molar-refractivity contribution >= 4 is 32.7 Å². The molecule has 1 aromatic heterocycles. The summed E-state index contributed by atoms with van der Waals surface area (Å²) in [6.07, 6.45) is 11.2. The lowest BCUT2D eigenvalue weighted by Crippen LogP contribution is -2.55. The van der Waals surface area contributed by atoms with Gasteiger partial charge in [0.05, 0.1) is 24.0 Å². The monoisotopic (exact) mass is 686 g/mol. The van der Waals surface area contributed by atoms with Crippen molar-refractivity contribution in [3.63, 3.8) is 0 Å². The van der Waals surface area contributed by atoms with E-state index in [1.54, 1.807) is 20.1 Å². The highest BCUT2D eigenvalue weighted by molar-refractivity contribution is 7.90. The van der Waals surface area contributed by atoms with Crippen molar-refractivity contribution in [3.8, 4) is 17.0 Å². The Morgan fingerprint density at radius 3 is 2.49 bits per heavy atom. The first-order valence-electron chi connectivity index (χ1n) is 18.5. The van der Waals surface area contributed by atoms with Crippen LogP contribution in [0.2, 0.25) is 0 Å². The van der Waals surface area contributed by atoms with Crippen LogP contribution < -0.4 is 9.46 Å². The fourth-order valence-corrected chi connectivity index (χ4v) is 11.1. The van der Waals surface area contributed by atoms with Crippen LogP contribution in [0.4, 0.5) is 0 Å². The molecule has 49 heavy (non-hydrogen) atoms. The summed E-state index contributed by atoms with van der Waals surface area (Å²) in [6.45, 7) is 5.15. The third-order valence-electron chi connectivity index (χ3n) is 12.7. The number of methoxy groups -OCH3 is 1. The maximum absolute atomic E-state index is 15.2. The zero-order chi connectivity index (χ0) is 34.1. The van der Waals surface area contributed by atoms with Gasteiger partial charge in [-0.25, -0.2) is 13.1 Å². The van der Waals surface area contributed by atoms with E-state index in [1.165, 1.54) is 30.4 Å². The van der Waals surface area contributed by atoms with Gasteiger partial charge in [0.25, 0.3) is 5.91 Å². The molecule has 2 atom stereocenters. The van der Waals surface area contributed by atoms with Gasteiger partial charge in [0.1, 0.15) is 5.75 Å². The molecule has 0 bridgehead atoms. The first-order valence-corrected chi connectivity index (χ1v) is 20.1. The second-order valence-corrected chi connectivity index (χ2v) is 17.5. The Labute approximate surface area is 290 Å². The molecule has 4 fully saturated rings. The fraction of sp³-hybridized carbons (Fsp3) is 0.590. The number of fused-ring (bicyclic) bond motifs is 7. The van der Waals surface area contributed by atoms with Crippen molar-refractivity contribution in [2.75, 3.05) is 39.5 Å². The Hall–Kier alpha value is -3.37. The Kier molecular flexibility index (Phi) is 8.13. The number of likely N-dealkylation sites (tertiary alicyclic amines) is 2. The van der Waals surface area contributed by atoms with Crippen LogP contribution in [-0.4, -0.2) is 79.7 Å². The number of carbonyl (C=O) groups excluding carboxylic acids is 2. The van der Waals surface area contributed by atoms with Gasteiger partial charge in [0.15, 0.2) is 0 Å². The number of amides is 2. The van der Waals surface area contributed by atoms with E-state index in [2.05, 4.69) is 38.3 Å². The van der Waals surface area contributed by atoms with Gasteiger partial charge in [0, 0.05) is 59.7 Å². The van der Waals surface area contributed by atoms with Gasteiger partial charge < -0.3 is 19.1 Å². The van der Waals surface area contributed by atoms with Crippen LogP contribution in [0.3, 0.4) is 0 Å². The van der Waals surface area contributed by atoms with Crippen LogP contribution in [0.25, 0.3) is 22.2 Å². The van der Waals surface area contributed by atoms with E-state index in [1.807, 2.05) is 18.2 Å². The summed E-state index contributed by atoms with van der Waals surface area (Å²) in [6, 6.07) is 12.1. The van der Waals surface area contributed by atoms with Gasteiger partial charge in [0.2, 0.25) is 15.9 Å². The van der Waals surface area contributed by atoms with Gasteiger partial charge >= 0.3 is 0 Å². The summed E-state index contributed by atoms with van der Waals surface area (Å²) in [7, 11) is 0.145. The standard InChI is InChI=1S/C39H50N4O5S/c1-4-21-49(46,47)40-36(44)27-11-13-30-33(22-27)42-25-39(37(45)43-18-8-15-38(43)16-19-41(2)20-17-38)24-32(39)31-23-28(48-3)12-14-29(31)35(42)34(30)26-9-6-5-7-10-26/h11-14,22-23,26,32H,4-10,15-21,24-25H2,1-3H3,(H,40,44). The molecule has 4 heterocycles. The Bertz CT molecular complexity index is 1920. The quantitative estimate of drug-likeness (QED) is 0.309. The van der Waals surface area contributed by atoms with E-state index in [0.717, 1.165) is 92.5 Å². The average molecular weight is 687 g/mol. The van der Waals surface area contributed by atoms with Crippen LogP contribution in [0.1, 0.15) is 111 Å². The molecule has 8 rings (SSSR count). The molecule has 2 unspecified atom stereocenters. The molecule has 0 radical (unpaired) electrons. The summed E-state index contributed by atoms with van der Waals surface area (Å²) in [5, 5.41) is 1.10. The van der Waals surface area contributed by atoms with E-state index in [4.69, 9.17) is 4.74 Å². The number of hydrogen-bond acceptors (Lipinski definition) is 6. The smallest absolute Gasteiger partial charge is 0.264 e. The van der Waals surface area contributed by atoms with Gasteiger partial charge in [-0.15, -0.1) is 0 Å². The lowest BCUT2D eigenvalue weighted by molar-refractivity contribution is -0.143. The van der Waals surface area contributed by atoms with Crippen molar-refractivity contribution in [2.45, 2.75) is 101 Å². The SMILES string of the molecule is CCCS(=O)(=O)NC(=O)c1ccc2c(C3CCCCC3)c3n(c2c1)CC1(C(=O)N2CCCC24CCN(C)CC4)CC1c1cc(OC)ccc1-3. The minimum Gasteiger partial charge on any atom is -0.497 e. The first kappa shape index (κ1) is 32.8. The fourth-order valence-electron chi connectivity index (χ4n) is 10.0. The maximum atomic E-state index is 15.2. The minimum atomic E-state index is -3.74. The third-order valence-corrected chi connectivity index (χ3v) is 14.1. The third kappa shape index (κ3) is 5.39. The highest BCUT2D eigenvalue weighted by Crippen LogP contribution is 2.67. The second-order valence-electron chi connectivity index (χ2n) is 15.6. The van der Waals surface area contributed by atoms with E-state index in [0.29, 0.717) is 24.4 Å². The van der Waals surface area contributed by atoms with Crippen molar-refractivity contribution in [3.05, 3.63) is 53.1 Å². The summed E-state index contributed by atoms with van der Waals surface area (Å²) in [5.74, 6) is 0.814. The van der Waals surface area contributed by atoms with E-state index in [-0.39, 0.29) is 23.1 Å². The topological polar surface area (TPSA) is 101 Å². The number of benzene rings is 2. The normalized spacial score (nSPS) is 25.0. The molecule has 10 heteroatoms. The lowest BCUT2D eigenvalue weighted by Gasteiger charge is -2.45. The molecule has 262 valence electrons. The molecule has 1 spiro atoms. The molecule has 5 aliphatic rings. The Morgan fingerprint density at radius 2 is 1.76 bits per heavy atom. The summed E-state index contributed by atoms with van der Waals surface area (Å²) >= 11 is 0. The average Bonchev–Trinajstić information content (AvgIpc) is 3.59. The van der Waals surface area contributed by atoms with Gasteiger partial charge in [-0.05, 0) is 106 Å². The molecular weight excluding hydrogens is 637 g/mol. The predicted octanol–water partition coefficient (Wildman–Crippen LogP) is 6.41. The molecule has 1 N–H and O–H groups in total. The van der Waals surface area contributed by atoms with Crippen molar-refractivity contribution in [1.29, 1.82) is 0 Å². The Morgan fingerprint density at radius 1 is 0.980 bits per heavy atom. The molecule has 2 saturated carbocycles. The summed E-state index contributed by atoms with van der Waals surface area (Å²) < 4.78 is 35.6. The van der Waals surface area contributed by atoms with Crippen molar-refractivity contribution in [1.82, 2.24) is 19.1 Å². The maximum Gasteiger partial charge on any atom is 0.264 e. The number of carbonyl (C=O) groups is 2. The Balaban J connectivity index is 1.30. The molecular formula is C39H50N4O5S. The number of aromatic nitrogens is 1. The summed E-state index contributed by atoms with van der Waals surface area (Å²) in [4.78, 5) is 33.3. The second kappa shape index (κ2) is 12.1. The number of sulfonamides is 1. The largest absolute Gasteiger partial charge is 0.497 e. The van der Waals surface area contributed by atoms with Crippen LogP contribution in [-0.2, 0) is 21.4 Å². The van der Waals surface area contributed by atoms with E-state index < -0.39 is 21.3 Å². The van der Waals surface area contributed by atoms with Crippen LogP contribution in [0, 0.1) is 5.41 Å². The number of piperidine rings is 1. The lowest BCUT2D eigenvalue weighted by atomic mass is 9.81. The highest BCUT2D eigenvalue weighted by atomic mass is 32.2. The van der Waals surface area contributed by atoms with Gasteiger partial charge in [-0.2, -0.15) is 0 Å². The van der Waals surface area contributed by atoms with Crippen molar-refractivity contribution < 1.29 is 22.7 Å². The number of ether oxygens (including phenoxy) is 1. The molecule has 9 nitrogen and oxygen atoms in total. The minimum absolute atomic E-state index is 0.0704. The summed E-state index contributed by atoms with van der Waals surface area (Å²) in [5.41, 5.74) is 5.37. The molecule has 2 aromatic carbocycles. The number of nitrogens with zero attached hydrogens (tertiary/aromatic N) is 3. The predicted molar refractivity (Wildman–Crippen MR) is 191 cm³/mol. The molecule has 3 aromatic rings. The van der Waals surface area contributed by atoms with Crippen LogP contribution >= 0.6 is 0 Å². The highest BCUT2D eigenvalue weighted by Gasteiger charge is 2.65. The zero-order valence-corrected chi connectivity index (χ0v) is 30.0. The molecule has 3 aliphatic heterocycles. The first-order chi connectivity index (χ1) is 23.6. The number of rotatable bonds is 7. The molecule has 2 amide bonds. The van der Waals surface area contributed by atoms with E-state index >= 15 is 4.79 Å².